The summed E-state index contributed by atoms with van der Waals surface area (Å²) in [6, 6.07) is 10.8. The molecule has 1 atom stereocenters. The van der Waals surface area contributed by atoms with Gasteiger partial charge in [-0.3, -0.25) is 4.90 Å². The molecule has 2 aromatic carbocycles. The van der Waals surface area contributed by atoms with Crippen LogP contribution in [0, 0.1) is 0 Å². The molecule has 5 rings (SSSR count). The van der Waals surface area contributed by atoms with Gasteiger partial charge in [-0.1, -0.05) is 38.1 Å². The predicted octanol–water partition coefficient (Wildman–Crippen LogP) is 2.92. The molecule has 3 N–H and O–H groups in total. The van der Waals surface area contributed by atoms with Crippen LogP contribution in [0.2, 0.25) is 0 Å². The van der Waals surface area contributed by atoms with Crippen molar-refractivity contribution in [3.63, 3.8) is 0 Å². The molecule has 0 saturated carbocycles. The quantitative estimate of drug-likeness (QED) is 0.564. The van der Waals surface area contributed by atoms with E-state index in [1.54, 1.807) is 6.07 Å². The van der Waals surface area contributed by atoms with Crippen LogP contribution in [-0.2, 0) is 15.3 Å². The fourth-order valence-electron chi connectivity index (χ4n) is 4.79. The van der Waals surface area contributed by atoms with Crippen molar-refractivity contribution in [1.29, 1.82) is 0 Å². The third-order valence-corrected chi connectivity index (χ3v) is 8.37. The number of sulfone groups is 1. The van der Waals surface area contributed by atoms with E-state index in [0.29, 0.717) is 41.4 Å². The van der Waals surface area contributed by atoms with Crippen LogP contribution in [0.25, 0.3) is 22.4 Å². The first-order chi connectivity index (χ1) is 14.7. The number of para-hydroxylation sites is 1. The zero-order valence-electron chi connectivity index (χ0n) is 17.3. The van der Waals surface area contributed by atoms with Crippen LogP contribution in [-0.4, -0.2) is 59.9 Å². The Morgan fingerprint density at radius 2 is 2.06 bits per heavy atom. The number of benzene rings is 2. The number of fused-ring (bicyclic) bond motifs is 2. The van der Waals surface area contributed by atoms with Crippen molar-refractivity contribution in [3.05, 3.63) is 47.5 Å². The third kappa shape index (κ3) is 3.19. The van der Waals surface area contributed by atoms with E-state index < -0.39 is 21.3 Å². The van der Waals surface area contributed by atoms with E-state index in [-0.39, 0.29) is 11.8 Å². The summed E-state index contributed by atoms with van der Waals surface area (Å²) in [7, 11) is -3.34. The molecule has 1 aromatic heterocycles. The lowest BCUT2D eigenvalue weighted by molar-refractivity contribution is 0.113. The molecular formula is C22H24N4O4S. The Labute approximate surface area is 180 Å². The predicted molar refractivity (Wildman–Crippen MR) is 117 cm³/mol. The summed E-state index contributed by atoms with van der Waals surface area (Å²) in [6.07, 6.45) is -0.953. The van der Waals surface area contributed by atoms with Gasteiger partial charge in [-0.05, 0) is 17.7 Å². The van der Waals surface area contributed by atoms with E-state index in [4.69, 9.17) is 4.98 Å². The van der Waals surface area contributed by atoms with Gasteiger partial charge in [0.25, 0.3) is 0 Å². The summed E-state index contributed by atoms with van der Waals surface area (Å²) in [5, 5.41) is 12.9. The number of carbonyl (C=O) groups is 1. The highest BCUT2D eigenvalue weighted by Gasteiger charge is 2.40. The van der Waals surface area contributed by atoms with Gasteiger partial charge >= 0.3 is 6.09 Å². The van der Waals surface area contributed by atoms with Gasteiger partial charge in [0.2, 0.25) is 0 Å². The number of piperazine rings is 1. The topological polar surface area (TPSA) is 115 Å². The van der Waals surface area contributed by atoms with Crippen LogP contribution in [0.15, 0.2) is 41.3 Å². The van der Waals surface area contributed by atoms with E-state index in [0.717, 1.165) is 16.6 Å². The van der Waals surface area contributed by atoms with Gasteiger partial charge in [0.1, 0.15) is 5.82 Å². The second-order valence-electron chi connectivity index (χ2n) is 8.88. The van der Waals surface area contributed by atoms with E-state index in [1.807, 2.05) is 44.2 Å². The Hall–Kier alpha value is -2.91. The Morgan fingerprint density at radius 3 is 2.84 bits per heavy atom. The molecule has 1 amide bonds. The van der Waals surface area contributed by atoms with Crippen molar-refractivity contribution < 1.29 is 18.3 Å². The molecule has 31 heavy (non-hydrogen) atoms. The molecular weight excluding hydrogens is 416 g/mol. The molecule has 0 aliphatic carbocycles. The van der Waals surface area contributed by atoms with Gasteiger partial charge in [-0.2, -0.15) is 0 Å². The number of hydrogen-bond acceptors (Lipinski definition) is 5. The number of H-pyrrole nitrogens is 1. The SMILES string of the molecule is CC1(C)CS(=O)(=O)c2cc(-c3nc4c(C5CNCCN5C(=O)O)cccc4[nH]3)ccc21. The maximum Gasteiger partial charge on any atom is 0.407 e. The van der Waals surface area contributed by atoms with Gasteiger partial charge in [-0.25, -0.2) is 18.2 Å². The molecule has 162 valence electrons. The Kier molecular flexibility index (Phi) is 4.39. The van der Waals surface area contributed by atoms with Crippen molar-refractivity contribution in [1.82, 2.24) is 20.2 Å². The van der Waals surface area contributed by atoms with Crippen LogP contribution in [0.1, 0.15) is 31.0 Å². The first-order valence-corrected chi connectivity index (χ1v) is 11.9. The lowest BCUT2D eigenvalue weighted by Gasteiger charge is -2.34. The van der Waals surface area contributed by atoms with Gasteiger partial charge in [0.05, 0.1) is 27.7 Å². The summed E-state index contributed by atoms with van der Waals surface area (Å²) in [4.78, 5) is 21.6. The molecule has 8 nitrogen and oxygen atoms in total. The minimum absolute atomic E-state index is 0.1000. The fraction of sp³-hybridized carbons (Fsp3) is 0.364. The number of nitrogens with zero attached hydrogens (tertiary/aromatic N) is 2. The molecule has 3 aromatic rings. The number of nitrogens with one attached hydrogen (secondary N) is 2. The molecule has 3 heterocycles. The van der Waals surface area contributed by atoms with Crippen molar-refractivity contribution in [2.24, 2.45) is 0 Å². The number of rotatable bonds is 2. The lowest BCUT2D eigenvalue weighted by Crippen LogP contribution is -2.48. The minimum Gasteiger partial charge on any atom is -0.465 e. The monoisotopic (exact) mass is 440 g/mol. The van der Waals surface area contributed by atoms with Crippen LogP contribution >= 0.6 is 0 Å². The fourth-order valence-corrected chi connectivity index (χ4v) is 7.03. The largest absolute Gasteiger partial charge is 0.465 e. The maximum atomic E-state index is 12.7. The van der Waals surface area contributed by atoms with Crippen LogP contribution < -0.4 is 5.32 Å². The number of imidazole rings is 1. The Balaban J connectivity index is 1.61. The van der Waals surface area contributed by atoms with Crippen molar-refractivity contribution in [2.75, 3.05) is 25.4 Å². The zero-order valence-corrected chi connectivity index (χ0v) is 18.2. The lowest BCUT2D eigenvalue weighted by atomic mass is 9.87. The van der Waals surface area contributed by atoms with E-state index in [1.165, 1.54) is 4.90 Å². The third-order valence-electron chi connectivity index (χ3n) is 6.26. The van der Waals surface area contributed by atoms with Crippen LogP contribution in [0.3, 0.4) is 0 Å². The highest BCUT2D eigenvalue weighted by molar-refractivity contribution is 7.91. The van der Waals surface area contributed by atoms with E-state index in [9.17, 15) is 18.3 Å². The highest BCUT2D eigenvalue weighted by Crippen LogP contribution is 2.41. The van der Waals surface area contributed by atoms with Crippen molar-refractivity contribution in [3.8, 4) is 11.4 Å². The van der Waals surface area contributed by atoms with E-state index >= 15 is 0 Å². The summed E-state index contributed by atoms with van der Waals surface area (Å²) in [5.41, 5.74) is 3.41. The minimum atomic E-state index is -3.34. The number of hydrogen-bond donors (Lipinski definition) is 3. The number of aromatic amines is 1. The first kappa shape index (κ1) is 20.0. The van der Waals surface area contributed by atoms with Gasteiger partial charge in [0, 0.05) is 36.2 Å². The van der Waals surface area contributed by atoms with Gasteiger partial charge in [0.15, 0.2) is 9.84 Å². The second-order valence-corrected chi connectivity index (χ2v) is 10.8. The van der Waals surface area contributed by atoms with Crippen LogP contribution in [0.4, 0.5) is 4.79 Å². The average Bonchev–Trinajstić information content (AvgIpc) is 3.24. The molecule has 1 fully saturated rings. The van der Waals surface area contributed by atoms with Crippen molar-refractivity contribution >= 4 is 27.0 Å². The molecule has 0 bridgehead atoms. The summed E-state index contributed by atoms with van der Waals surface area (Å²) in [6.45, 7) is 5.42. The summed E-state index contributed by atoms with van der Waals surface area (Å²) in [5.74, 6) is 0.666. The van der Waals surface area contributed by atoms with E-state index in [2.05, 4.69) is 10.3 Å². The maximum absolute atomic E-state index is 12.7. The van der Waals surface area contributed by atoms with Gasteiger partial charge < -0.3 is 15.4 Å². The smallest absolute Gasteiger partial charge is 0.407 e. The molecule has 1 saturated heterocycles. The van der Waals surface area contributed by atoms with Gasteiger partial charge in [-0.15, -0.1) is 0 Å². The number of carboxylic acid groups (broad SMARTS) is 1. The second kappa shape index (κ2) is 6.80. The van der Waals surface area contributed by atoms with Crippen LogP contribution in [0.5, 0.6) is 0 Å². The molecule has 2 aliphatic rings. The van der Waals surface area contributed by atoms with Crippen molar-refractivity contribution in [2.45, 2.75) is 30.2 Å². The summed E-state index contributed by atoms with van der Waals surface area (Å²) >= 11 is 0. The zero-order chi connectivity index (χ0) is 22.0. The molecule has 2 aliphatic heterocycles. The number of amides is 1. The normalized spacial score (nSPS) is 21.9. The first-order valence-electron chi connectivity index (χ1n) is 10.2. The number of aromatic nitrogens is 2. The molecule has 1 unspecified atom stereocenters. The molecule has 0 spiro atoms. The Bertz CT molecular complexity index is 1310. The summed E-state index contributed by atoms with van der Waals surface area (Å²) < 4.78 is 25.4. The highest BCUT2D eigenvalue weighted by atomic mass is 32.2. The average molecular weight is 441 g/mol. The Morgan fingerprint density at radius 1 is 1.26 bits per heavy atom. The molecule has 9 heteroatoms. The standard InChI is InChI=1S/C22H24N4O4S/c1-22(2)12-31(29,30)18-10-13(6-7-15(18)22)20-24-16-5-3-4-14(19(16)25-20)17-11-23-8-9-26(17)21(27)28/h3-7,10,17,23H,8-9,11-12H2,1-2H3,(H,24,25)(H,27,28). The molecule has 0 radical (unpaired) electrons.